The van der Waals surface area contributed by atoms with Crippen molar-refractivity contribution in [1.29, 1.82) is 0 Å². The molecule has 0 radical (unpaired) electrons. The van der Waals surface area contributed by atoms with Gasteiger partial charge in [-0.25, -0.2) is 0 Å². The second-order valence-electron chi connectivity index (χ2n) is 5.72. The number of nitrogens with one attached hydrogen (secondary N) is 1. The average Bonchev–Trinajstić information content (AvgIpc) is 2.78. The summed E-state index contributed by atoms with van der Waals surface area (Å²) in [5.74, 6) is 0. The Morgan fingerprint density at radius 3 is 2.50 bits per heavy atom. The number of nitrogens with two attached hydrogens (primary N) is 1. The standard InChI is InChI=1S/C15H25N3/c1-12-7-6-8-13(16)14(12)17-11-15(18(2)3)9-4-5-10-15/h6-8,17H,4-5,9-11,16H2,1-3H3. The lowest BCUT2D eigenvalue weighted by Crippen LogP contribution is -2.47. The third-order valence-corrected chi connectivity index (χ3v) is 4.38. The van der Waals surface area contributed by atoms with Crippen LogP contribution in [-0.4, -0.2) is 31.1 Å². The van der Waals surface area contributed by atoms with Gasteiger partial charge in [-0.2, -0.15) is 0 Å². The van der Waals surface area contributed by atoms with Gasteiger partial charge in [0.2, 0.25) is 0 Å². The lowest BCUT2D eigenvalue weighted by molar-refractivity contribution is 0.172. The van der Waals surface area contributed by atoms with E-state index < -0.39 is 0 Å². The normalized spacial score (nSPS) is 18.2. The van der Waals surface area contributed by atoms with Gasteiger partial charge in [0.25, 0.3) is 0 Å². The van der Waals surface area contributed by atoms with Crippen LogP contribution in [-0.2, 0) is 0 Å². The molecule has 0 spiro atoms. The average molecular weight is 247 g/mol. The molecular formula is C15H25N3. The molecule has 1 aliphatic rings. The summed E-state index contributed by atoms with van der Waals surface area (Å²) in [5, 5.41) is 3.58. The topological polar surface area (TPSA) is 41.3 Å². The third kappa shape index (κ3) is 2.46. The van der Waals surface area contributed by atoms with Crippen molar-refractivity contribution in [3.63, 3.8) is 0 Å². The summed E-state index contributed by atoms with van der Waals surface area (Å²) >= 11 is 0. The Bertz CT molecular complexity index is 386. The quantitative estimate of drug-likeness (QED) is 0.804. The van der Waals surface area contributed by atoms with E-state index in [9.17, 15) is 0 Å². The second-order valence-corrected chi connectivity index (χ2v) is 5.72. The summed E-state index contributed by atoms with van der Waals surface area (Å²) in [6, 6.07) is 6.08. The molecule has 18 heavy (non-hydrogen) atoms. The van der Waals surface area contributed by atoms with Crippen LogP contribution in [0.25, 0.3) is 0 Å². The molecule has 3 nitrogen and oxygen atoms in total. The van der Waals surface area contributed by atoms with E-state index in [1.54, 1.807) is 0 Å². The summed E-state index contributed by atoms with van der Waals surface area (Å²) in [4.78, 5) is 2.38. The summed E-state index contributed by atoms with van der Waals surface area (Å²) < 4.78 is 0. The van der Waals surface area contributed by atoms with E-state index >= 15 is 0 Å². The summed E-state index contributed by atoms with van der Waals surface area (Å²) in [7, 11) is 4.38. The summed E-state index contributed by atoms with van der Waals surface area (Å²) in [6.45, 7) is 3.09. The van der Waals surface area contributed by atoms with Gasteiger partial charge in [-0.1, -0.05) is 25.0 Å². The molecule has 0 aliphatic heterocycles. The molecule has 0 amide bonds. The van der Waals surface area contributed by atoms with Crippen LogP contribution >= 0.6 is 0 Å². The fourth-order valence-corrected chi connectivity index (χ4v) is 3.00. The number of benzene rings is 1. The molecule has 0 atom stereocenters. The zero-order chi connectivity index (χ0) is 13.2. The van der Waals surface area contributed by atoms with Gasteiger partial charge in [0.1, 0.15) is 0 Å². The SMILES string of the molecule is Cc1cccc(N)c1NCC1(N(C)C)CCCC1. The van der Waals surface area contributed by atoms with Crippen LogP contribution in [0.2, 0.25) is 0 Å². The highest BCUT2D eigenvalue weighted by molar-refractivity contribution is 5.69. The molecule has 1 aromatic rings. The number of hydrogen-bond donors (Lipinski definition) is 2. The van der Waals surface area contributed by atoms with Crippen molar-refractivity contribution in [2.45, 2.75) is 38.1 Å². The van der Waals surface area contributed by atoms with E-state index in [0.717, 1.165) is 17.9 Å². The zero-order valence-electron chi connectivity index (χ0n) is 11.8. The van der Waals surface area contributed by atoms with Crippen molar-refractivity contribution in [1.82, 2.24) is 4.90 Å². The van der Waals surface area contributed by atoms with E-state index in [-0.39, 0.29) is 0 Å². The molecule has 1 fully saturated rings. The summed E-state index contributed by atoms with van der Waals surface area (Å²) in [6.07, 6.45) is 5.23. The number of hydrogen-bond acceptors (Lipinski definition) is 3. The van der Waals surface area contributed by atoms with Gasteiger partial charge in [-0.3, -0.25) is 0 Å². The first-order valence-electron chi connectivity index (χ1n) is 6.81. The number of nitrogens with zero attached hydrogens (tertiary/aromatic N) is 1. The Kier molecular flexibility index (Phi) is 3.81. The highest BCUT2D eigenvalue weighted by Crippen LogP contribution is 2.34. The first kappa shape index (κ1) is 13.2. The molecular weight excluding hydrogens is 222 g/mol. The minimum absolute atomic E-state index is 0.300. The molecule has 1 saturated carbocycles. The van der Waals surface area contributed by atoms with Gasteiger partial charge in [-0.05, 0) is 45.5 Å². The van der Waals surface area contributed by atoms with Gasteiger partial charge < -0.3 is 16.0 Å². The molecule has 0 unspecified atom stereocenters. The van der Waals surface area contributed by atoms with Gasteiger partial charge in [-0.15, -0.1) is 0 Å². The number of para-hydroxylation sites is 1. The second kappa shape index (κ2) is 5.19. The monoisotopic (exact) mass is 247 g/mol. The molecule has 0 bridgehead atoms. The predicted octanol–water partition coefficient (Wildman–Crippen LogP) is 2.86. The van der Waals surface area contributed by atoms with E-state index in [1.807, 2.05) is 12.1 Å². The maximum absolute atomic E-state index is 6.05. The highest BCUT2D eigenvalue weighted by atomic mass is 15.2. The molecule has 0 saturated heterocycles. The lowest BCUT2D eigenvalue weighted by atomic mass is 9.95. The van der Waals surface area contributed by atoms with Crippen molar-refractivity contribution < 1.29 is 0 Å². The lowest BCUT2D eigenvalue weighted by Gasteiger charge is -2.37. The smallest absolute Gasteiger partial charge is 0.0604 e. The molecule has 100 valence electrons. The Balaban J connectivity index is 2.11. The van der Waals surface area contributed by atoms with Crippen LogP contribution in [0.3, 0.4) is 0 Å². The highest BCUT2D eigenvalue weighted by Gasteiger charge is 2.35. The minimum Gasteiger partial charge on any atom is -0.397 e. The minimum atomic E-state index is 0.300. The molecule has 3 N–H and O–H groups in total. The molecule has 1 aromatic carbocycles. The van der Waals surface area contributed by atoms with E-state index in [4.69, 9.17) is 5.73 Å². The van der Waals surface area contributed by atoms with Crippen molar-refractivity contribution in [3.8, 4) is 0 Å². The van der Waals surface area contributed by atoms with Crippen molar-refractivity contribution in [2.75, 3.05) is 31.7 Å². The first-order chi connectivity index (χ1) is 8.55. The van der Waals surface area contributed by atoms with Crippen LogP contribution in [0.15, 0.2) is 18.2 Å². The van der Waals surface area contributed by atoms with Crippen LogP contribution < -0.4 is 11.1 Å². The largest absolute Gasteiger partial charge is 0.397 e. The van der Waals surface area contributed by atoms with Gasteiger partial charge in [0.05, 0.1) is 11.4 Å². The van der Waals surface area contributed by atoms with E-state index in [0.29, 0.717) is 5.54 Å². The van der Waals surface area contributed by atoms with E-state index in [1.165, 1.54) is 31.2 Å². The maximum atomic E-state index is 6.05. The van der Waals surface area contributed by atoms with Gasteiger partial charge in [0.15, 0.2) is 0 Å². The summed E-state index contributed by atoms with van der Waals surface area (Å²) in [5.41, 5.74) is 9.52. The predicted molar refractivity (Wildman–Crippen MR) is 79.0 cm³/mol. The van der Waals surface area contributed by atoms with Crippen molar-refractivity contribution in [2.24, 2.45) is 0 Å². The maximum Gasteiger partial charge on any atom is 0.0604 e. The molecule has 2 rings (SSSR count). The van der Waals surface area contributed by atoms with Crippen molar-refractivity contribution in [3.05, 3.63) is 23.8 Å². The number of likely N-dealkylation sites (N-methyl/N-ethyl adjacent to an activating group) is 1. The van der Waals surface area contributed by atoms with Crippen LogP contribution in [0.5, 0.6) is 0 Å². The first-order valence-corrected chi connectivity index (χ1v) is 6.81. The number of nitrogen functional groups attached to an aromatic ring is 1. The van der Waals surface area contributed by atoms with Crippen LogP contribution in [0.4, 0.5) is 11.4 Å². The Labute approximate surface area is 110 Å². The van der Waals surface area contributed by atoms with E-state index in [2.05, 4.69) is 37.3 Å². The fourth-order valence-electron chi connectivity index (χ4n) is 3.00. The third-order valence-electron chi connectivity index (χ3n) is 4.38. The Morgan fingerprint density at radius 1 is 1.28 bits per heavy atom. The molecule has 1 aliphatic carbocycles. The number of anilines is 2. The zero-order valence-corrected chi connectivity index (χ0v) is 11.8. The Morgan fingerprint density at radius 2 is 1.94 bits per heavy atom. The van der Waals surface area contributed by atoms with Gasteiger partial charge >= 0.3 is 0 Å². The van der Waals surface area contributed by atoms with Gasteiger partial charge in [0, 0.05) is 12.1 Å². The number of aryl methyl sites for hydroxylation is 1. The van der Waals surface area contributed by atoms with Crippen LogP contribution in [0.1, 0.15) is 31.2 Å². The fraction of sp³-hybridized carbons (Fsp3) is 0.600. The number of rotatable bonds is 4. The molecule has 0 heterocycles. The molecule has 0 aromatic heterocycles. The Hall–Kier alpha value is -1.22. The molecule has 3 heteroatoms. The van der Waals surface area contributed by atoms with Crippen LogP contribution in [0, 0.1) is 6.92 Å². The van der Waals surface area contributed by atoms with Crippen molar-refractivity contribution >= 4 is 11.4 Å².